The molecular formula is C13H7Br2N3O4S2. The summed E-state index contributed by atoms with van der Waals surface area (Å²) in [5, 5.41) is 9.25. The Bertz CT molecular complexity index is 1070. The Balaban J connectivity index is 2.11. The van der Waals surface area contributed by atoms with Gasteiger partial charge in [-0.1, -0.05) is 15.9 Å². The van der Waals surface area contributed by atoms with Crippen LogP contribution in [0.5, 0.6) is 0 Å². The number of carbonyl (C=O) groups is 1. The molecule has 0 radical (unpaired) electrons. The van der Waals surface area contributed by atoms with E-state index in [1.54, 1.807) is 12.1 Å². The van der Waals surface area contributed by atoms with Gasteiger partial charge in [0.15, 0.2) is 0 Å². The summed E-state index contributed by atoms with van der Waals surface area (Å²) in [5.41, 5.74) is 0.440. The van der Waals surface area contributed by atoms with Crippen molar-refractivity contribution in [1.29, 1.82) is 0 Å². The van der Waals surface area contributed by atoms with E-state index in [9.17, 15) is 18.3 Å². The minimum atomic E-state index is -4.04. The normalized spacial score (nSPS) is 11.6. The molecule has 2 N–H and O–H groups in total. The van der Waals surface area contributed by atoms with Crippen molar-refractivity contribution in [3.8, 4) is 0 Å². The molecule has 3 aromatic rings. The first-order chi connectivity index (χ1) is 11.3. The molecule has 124 valence electrons. The molecule has 0 aliphatic carbocycles. The Hall–Kier alpha value is -1.56. The molecule has 7 nitrogen and oxygen atoms in total. The van der Waals surface area contributed by atoms with Crippen LogP contribution in [-0.2, 0) is 10.0 Å². The molecule has 0 atom stereocenters. The number of hydrogen-bond acceptors (Lipinski definition) is 6. The van der Waals surface area contributed by atoms with Crippen LogP contribution in [0.3, 0.4) is 0 Å². The van der Waals surface area contributed by atoms with Gasteiger partial charge in [0.05, 0.1) is 23.0 Å². The van der Waals surface area contributed by atoms with Crippen molar-refractivity contribution in [2.75, 3.05) is 4.72 Å². The summed E-state index contributed by atoms with van der Waals surface area (Å²) in [6.07, 6.45) is 0. The second kappa shape index (κ2) is 6.39. The highest BCUT2D eigenvalue weighted by molar-refractivity contribution is 9.11. The lowest BCUT2D eigenvalue weighted by atomic mass is 10.2. The van der Waals surface area contributed by atoms with Gasteiger partial charge in [0.25, 0.3) is 10.0 Å². The summed E-state index contributed by atoms with van der Waals surface area (Å²) in [6.45, 7) is 0. The van der Waals surface area contributed by atoms with Gasteiger partial charge in [-0.05, 0) is 46.3 Å². The zero-order valence-electron chi connectivity index (χ0n) is 11.5. The average molecular weight is 493 g/mol. The van der Waals surface area contributed by atoms with Gasteiger partial charge in [0.1, 0.15) is 15.9 Å². The fourth-order valence-electron chi connectivity index (χ4n) is 2.01. The molecule has 0 bridgehead atoms. The number of halogens is 2. The van der Waals surface area contributed by atoms with Crippen molar-refractivity contribution in [2.45, 2.75) is 4.90 Å². The number of aromatic nitrogens is 2. The molecule has 24 heavy (non-hydrogen) atoms. The quantitative estimate of drug-likeness (QED) is 0.574. The van der Waals surface area contributed by atoms with E-state index in [1.165, 1.54) is 18.2 Å². The maximum Gasteiger partial charge on any atom is 0.337 e. The molecular weight excluding hydrogens is 486 g/mol. The van der Waals surface area contributed by atoms with E-state index in [1.807, 2.05) is 0 Å². The van der Waals surface area contributed by atoms with Crippen LogP contribution in [0, 0.1) is 0 Å². The standard InChI is InChI=1S/C13H7Br2N3O4S2/c14-6-1-3-9(7(5-6)13(19)20)18-24(21,22)10-4-2-8(15)11-12(10)17-23-16-11/h1-5,18H,(H,19,20). The molecule has 3 rings (SSSR count). The number of anilines is 1. The smallest absolute Gasteiger partial charge is 0.337 e. The molecule has 0 spiro atoms. The lowest BCUT2D eigenvalue weighted by Crippen LogP contribution is -2.16. The third kappa shape index (κ3) is 3.16. The largest absolute Gasteiger partial charge is 0.478 e. The van der Waals surface area contributed by atoms with Crippen LogP contribution in [0.4, 0.5) is 5.69 Å². The highest BCUT2D eigenvalue weighted by Crippen LogP contribution is 2.30. The van der Waals surface area contributed by atoms with Crippen molar-refractivity contribution < 1.29 is 18.3 Å². The average Bonchev–Trinajstić information content (AvgIpc) is 2.99. The fraction of sp³-hybridized carbons (Fsp3) is 0. The molecule has 2 aromatic carbocycles. The van der Waals surface area contributed by atoms with E-state index in [4.69, 9.17) is 0 Å². The van der Waals surface area contributed by atoms with Gasteiger partial charge >= 0.3 is 5.97 Å². The Morgan fingerprint density at radius 2 is 1.83 bits per heavy atom. The molecule has 0 unspecified atom stereocenters. The number of fused-ring (bicyclic) bond motifs is 1. The molecule has 0 amide bonds. The molecule has 0 saturated heterocycles. The van der Waals surface area contributed by atoms with E-state index in [0.717, 1.165) is 11.7 Å². The SMILES string of the molecule is O=C(O)c1cc(Br)ccc1NS(=O)(=O)c1ccc(Br)c2nsnc12. The Morgan fingerprint density at radius 3 is 2.54 bits per heavy atom. The summed E-state index contributed by atoms with van der Waals surface area (Å²) < 4.78 is 36.9. The highest BCUT2D eigenvalue weighted by Gasteiger charge is 2.23. The summed E-state index contributed by atoms with van der Waals surface area (Å²) in [4.78, 5) is 11.3. The summed E-state index contributed by atoms with van der Waals surface area (Å²) in [6, 6.07) is 7.18. The number of nitrogens with one attached hydrogen (secondary N) is 1. The molecule has 0 fully saturated rings. The number of carboxylic acid groups (broad SMARTS) is 1. The third-order valence-electron chi connectivity index (χ3n) is 3.08. The van der Waals surface area contributed by atoms with Crippen molar-refractivity contribution in [2.24, 2.45) is 0 Å². The van der Waals surface area contributed by atoms with Gasteiger partial charge in [0.2, 0.25) is 0 Å². The predicted octanol–water partition coefficient (Wildman–Crippen LogP) is 3.72. The third-order valence-corrected chi connectivity index (χ3v) is 6.13. The number of sulfonamides is 1. The van der Waals surface area contributed by atoms with E-state index in [-0.39, 0.29) is 21.7 Å². The lowest BCUT2D eigenvalue weighted by molar-refractivity contribution is 0.0698. The van der Waals surface area contributed by atoms with Crippen molar-refractivity contribution >= 4 is 76.3 Å². The number of hydrogen-bond donors (Lipinski definition) is 2. The zero-order chi connectivity index (χ0) is 17.5. The van der Waals surface area contributed by atoms with Crippen LogP contribution in [-0.4, -0.2) is 28.2 Å². The topological polar surface area (TPSA) is 109 Å². The lowest BCUT2D eigenvalue weighted by Gasteiger charge is -2.11. The van der Waals surface area contributed by atoms with E-state index < -0.39 is 16.0 Å². The van der Waals surface area contributed by atoms with Crippen molar-refractivity contribution in [1.82, 2.24) is 8.75 Å². The fourth-order valence-corrected chi connectivity index (χ4v) is 4.75. The number of benzene rings is 2. The Kier molecular flexibility index (Phi) is 4.60. The van der Waals surface area contributed by atoms with Crippen LogP contribution >= 0.6 is 43.6 Å². The van der Waals surface area contributed by atoms with Gasteiger partial charge in [-0.15, -0.1) is 0 Å². The summed E-state index contributed by atoms with van der Waals surface area (Å²) in [5.74, 6) is -1.25. The minimum Gasteiger partial charge on any atom is -0.478 e. The molecule has 0 aliphatic heterocycles. The summed E-state index contributed by atoms with van der Waals surface area (Å²) >= 11 is 7.34. The second-order valence-electron chi connectivity index (χ2n) is 4.61. The van der Waals surface area contributed by atoms with E-state index in [2.05, 4.69) is 45.3 Å². The minimum absolute atomic E-state index is 0.0371. The van der Waals surface area contributed by atoms with Gasteiger partial charge in [-0.25, -0.2) is 13.2 Å². The van der Waals surface area contributed by atoms with Crippen LogP contribution < -0.4 is 4.72 Å². The van der Waals surface area contributed by atoms with Crippen LogP contribution in [0.2, 0.25) is 0 Å². The van der Waals surface area contributed by atoms with Crippen LogP contribution in [0.15, 0.2) is 44.2 Å². The molecule has 11 heteroatoms. The first-order valence-electron chi connectivity index (χ1n) is 6.26. The van der Waals surface area contributed by atoms with Crippen molar-refractivity contribution in [3.63, 3.8) is 0 Å². The molecule has 1 aromatic heterocycles. The molecule has 1 heterocycles. The van der Waals surface area contributed by atoms with Crippen LogP contribution in [0.25, 0.3) is 11.0 Å². The monoisotopic (exact) mass is 491 g/mol. The summed E-state index contributed by atoms with van der Waals surface area (Å²) in [7, 11) is -4.04. The Morgan fingerprint density at radius 1 is 1.12 bits per heavy atom. The number of carboxylic acids is 1. The molecule has 0 aliphatic rings. The maximum absolute atomic E-state index is 12.7. The van der Waals surface area contributed by atoms with Gasteiger partial charge < -0.3 is 5.11 Å². The van der Waals surface area contributed by atoms with E-state index in [0.29, 0.717) is 14.5 Å². The number of rotatable bonds is 4. The maximum atomic E-state index is 12.7. The van der Waals surface area contributed by atoms with Gasteiger partial charge in [-0.2, -0.15) is 8.75 Å². The predicted molar refractivity (Wildman–Crippen MR) is 97.0 cm³/mol. The zero-order valence-corrected chi connectivity index (χ0v) is 16.3. The first kappa shape index (κ1) is 17.3. The first-order valence-corrected chi connectivity index (χ1v) is 10.1. The van der Waals surface area contributed by atoms with Gasteiger partial charge in [0, 0.05) is 8.95 Å². The van der Waals surface area contributed by atoms with E-state index >= 15 is 0 Å². The van der Waals surface area contributed by atoms with Crippen LogP contribution in [0.1, 0.15) is 10.4 Å². The number of aromatic carboxylic acids is 1. The molecule has 0 saturated carbocycles. The number of nitrogens with zero attached hydrogens (tertiary/aromatic N) is 2. The highest BCUT2D eigenvalue weighted by atomic mass is 79.9. The Labute approximate surface area is 157 Å². The second-order valence-corrected chi connectivity index (χ2v) is 8.56. The van der Waals surface area contributed by atoms with Gasteiger partial charge in [-0.3, -0.25) is 4.72 Å². The van der Waals surface area contributed by atoms with Crippen molar-refractivity contribution in [3.05, 3.63) is 44.8 Å².